The molecular weight excluding hydrogens is 368 g/mol. The number of ether oxygens (including phenoxy) is 1. The van der Waals surface area contributed by atoms with Crippen molar-refractivity contribution in [1.29, 1.82) is 0 Å². The summed E-state index contributed by atoms with van der Waals surface area (Å²) in [6.07, 6.45) is 0. The summed E-state index contributed by atoms with van der Waals surface area (Å²) in [5.41, 5.74) is 2.01. The van der Waals surface area contributed by atoms with Gasteiger partial charge >= 0.3 is 5.97 Å². The fraction of sp³-hybridized carbons (Fsp3) is 0.318. The van der Waals surface area contributed by atoms with E-state index in [4.69, 9.17) is 9.73 Å². The van der Waals surface area contributed by atoms with Crippen molar-refractivity contribution in [2.45, 2.75) is 6.04 Å². The molecular formula is C22H24N4O3. The SMILES string of the molecule is COC(=O)[C@@H]1C(=O)NC(N2CCN(c3ccccc3)CC2)=N[C@H]1c1ccccc1. The van der Waals surface area contributed by atoms with E-state index in [0.717, 1.165) is 31.7 Å². The third-order valence-corrected chi connectivity index (χ3v) is 5.39. The zero-order valence-corrected chi connectivity index (χ0v) is 16.3. The Morgan fingerprint density at radius 3 is 2.17 bits per heavy atom. The normalized spacial score (nSPS) is 22.0. The zero-order valence-electron chi connectivity index (χ0n) is 16.3. The zero-order chi connectivity index (χ0) is 20.2. The first-order valence-electron chi connectivity index (χ1n) is 9.74. The molecule has 0 bridgehead atoms. The number of aliphatic imine (C=N–C) groups is 1. The summed E-state index contributed by atoms with van der Waals surface area (Å²) in [5, 5.41) is 2.82. The number of guanidine groups is 1. The summed E-state index contributed by atoms with van der Waals surface area (Å²) in [6, 6.07) is 19.1. The highest BCUT2D eigenvalue weighted by atomic mass is 16.5. The van der Waals surface area contributed by atoms with Crippen LogP contribution in [0.1, 0.15) is 11.6 Å². The molecule has 2 aliphatic heterocycles. The molecule has 4 rings (SSSR count). The van der Waals surface area contributed by atoms with Crippen LogP contribution in [-0.4, -0.2) is 56.0 Å². The van der Waals surface area contributed by atoms with E-state index >= 15 is 0 Å². The van der Waals surface area contributed by atoms with Gasteiger partial charge in [0.2, 0.25) is 11.9 Å². The Labute approximate surface area is 170 Å². The van der Waals surface area contributed by atoms with Gasteiger partial charge in [-0.05, 0) is 17.7 Å². The molecule has 1 N–H and O–H groups in total. The molecule has 0 aliphatic carbocycles. The van der Waals surface area contributed by atoms with Crippen LogP contribution in [0.25, 0.3) is 0 Å². The Morgan fingerprint density at radius 2 is 1.55 bits per heavy atom. The van der Waals surface area contributed by atoms with Crippen LogP contribution in [0.15, 0.2) is 65.7 Å². The van der Waals surface area contributed by atoms with E-state index in [0.29, 0.717) is 5.96 Å². The van der Waals surface area contributed by atoms with Gasteiger partial charge in [-0.15, -0.1) is 0 Å². The smallest absolute Gasteiger partial charge is 0.320 e. The lowest BCUT2D eigenvalue weighted by Gasteiger charge is -2.39. The molecule has 150 valence electrons. The maximum atomic E-state index is 12.8. The Balaban J connectivity index is 1.55. The molecule has 0 saturated carbocycles. The van der Waals surface area contributed by atoms with Crippen molar-refractivity contribution >= 4 is 23.5 Å². The minimum absolute atomic E-state index is 0.374. The number of hydrogen-bond acceptors (Lipinski definition) is 6. The third-order valence-electron chi connectivity index (χ3n) is 5.39. The predicted octanol–water partition coefficient (Wildman–Crippen LogP) is 1.82. The van der Waals surface area contributed by atoms with Gasteiger partial charge in [0.25, 0.3) is 0 Å². The summed E-state index contributed by atoms with van der Waals surface area (Å²) in [5.74, 6) is -1.41. The van der Waals surface area contributed by atoms with Crippen LogP contribution in [-0.2, 0) is 14.3 Å². The number of para-hydroxylation sites is 1. The number of carbonyl (C=O) groups excluding carboxylic acids is 2. The molecule has 7 nitrogen and oxygen atoms in total. The molecule has 29 heavy (non-hydrogen) atoms. The molecule has 7 heteroatoms. The lowest BCUT2D eigenvalue weighted by molar-refractivity contribution is -0.151. The second-order valence-electron chi connectivity index (χ2n) is 7.11. The van der Waals surface area contributed by atoms with Crippen LogP contribution in [0.4, 0.5) is 5.69 Å². The van der Waals surface area contributed by atoms with Gasteiger partial charge in [-0.3, -0.25) is 14.9 Å². The molecule has 2 aromatic rings. The minimum Gasteiger partial charge on any atom is -0.468 e. The highest BCUT2D eigenvalue weighted by Crippen LogP contribution is 2.30. The van der Waals surface area contributed by atoms with Crippen molar-refractivity contribution in [3.63, 3.8) is 0 Å². The second kappa shape index (κ2) is 8.34. The Bertz CT molecular complexity index is 893. The minimum atomic E-state index is -0.989. The van der Waals surface area contributed by atoms with E-state index in [-0.39, 0.29) is 5.91 Å². The van der Waals surface area contributed by atoms with Crippen molar-refractivity contribution in [3.8, 4) is 0 Å². The number of esters is 1. The van der Waals surface area contributed by atoms with Crippen LogP contribution in [0.2, 0.25) is 0 Å². The quantitative estimate of drug-likeness (QED) is 0.637. The largest absolute Gasteiger partial charge is 0.468 e. The standard InChI is InChI=1S/C22H24N4O3/c1-29-21(28)18-19(16-8-4-2-5-9-16)23-22(24-20(18)27)26-14-12-25(13-15-26)17-10-6-3-7-11-17/h2-11,18-19H,12-15H2,1H3,(H,23,24,27)/t18-,19-/m0/s1. The first-order valence-corrected chi connectivity index (χ1v) is 9.74. The van der Waals surface area contributed by atoms with Gasteiger partial charge in [-0.1, -0.05) is 48.5 Å². The van der Waals surface area contributed by atoms with Crippen molar-refractivity contribution in [3.05, 3.63) is 66.2 Å². The van der Waals surface area contributed by atoms with Gasteiger partial charge in [-0.2, -0.15) is 0 Å². The lowest BCUT2D eigenvalue weighted by Crippen LogP contribution is -2.57. The van der Waals surface area contributed by atoms with Crippen LogP contribution in [0.5, 0.6) is 0 Å². The number of amides is 1. The Kier molecular flexibility index (Phi) is 5.46. The highest BCUT2D eigenvalue weighted by molar-refractivity contribution is 6.08. The number of rotatable bonds is 3. The first-order chi connectivity index (χ1) is 14.2. The van der Waals surface area contributed by atoms with E-state index in [9.17, 15) is 9.59 Å². The van der Waals surface area contributed by atoms with E-state index in [1.54, 1.807) is 0 Å². The van der Waals surface area contributed by atoms with Crippen molar-refractivity contribution in [1.82, 2.24) is 10.2 Å². The molecule has 0 spiro atoms. The molecule has 2 aromatic carbocycles. The Morgan fingerprint density at radius 1 is 0.966 bits per heavy atom. The summed E-state index contributed by atoms with van der Waals surface area (Å²) >= 11 is 0. The molecule has 2 aliphatic rings. The topological polar surface area (TPSA) is 74.2 Å². The average molecular weight is 392 g/mol. The van der Waals surface area contributed by atoms with Crippen molar-refractivity contribution in [2.24, 2.45) is 10.9 Å². The Hall–Kier alpha value is -3.35. The van der Waals surface area contributed by atoms with E-state index in [1.165, 1.54) is 12.8 Å². The summed E-state index contributed by atoms with van der Waals surface area (Å²) in [7, 11) is 1.29. The van der Waals surface area contributed by atoms with Gasteiger partial charge < -0.3 is 14.5 Å². The number of benzene rings is 2. The first kappa shape index (κ1) is 19.0. The van der Waals surface area contributed by atoms with E-state index in [2.05, 4.69) is 27.2 Å². The van der Waals surface area contributed by atoms with E-state index < -0.39 is 17.9 Å². The average Bonchev–Trinajstić information content (AvgIpc) is 2.79. The molecule has 1 saturated heterocycles. The van der Waals surface area contributed by atoms with Crippen molar-refractivity contribution in [2.75, 3.05) is 38.2 Å². The summed E-state index contributed by atoms with van der Waals surface area (Å²) < 4.78 is 4.87. The molecule has 0 aromatic heterocycles. The molecule has 0 unspecified atom stereocenters. The van der Waals surface area contributed by atoms with E-state index in [1.807, 2.05) is 48.5 Å². The number of anilines is 1. The van der Waals surface area contributed by atoms with Crippen LogP contribution >= 0.6 is 0 Å². The molecule has 2 heterocycles. The van der Waals surface area contributed by atoms with Gasteiger partial charge in [0, 0.05) is 31.9 Å². The number of nitrogens with one attached hydrogen (secondary N) is 1. The van der Waals surface area contributed by atoms with Crippen LogP contribution < -0.4 is 10.2 Å². The number of methoxy groups -OCH3 is 1. The number of hydrogen-bond donors (Lipinski definition) is 1. The fourth-order valence-electron chi connectivity index (χ4n) is 3.83. The number of carbonyl (C=O) groups is 2. The van der Waals surface area contributed by atoms with Gasteiger partial charge in [-0.25, -0.2) is 4.99 Å². The third kappa shape index (κ3) is 3.94. The predicted molar refractivity (Wildman–Crippen MR) is 110 cm³/mol. The second-order valence-corrected chi connectivity index (χ2v) is 7.11. The lowest BCUT2D eigenvalue weighted by atomic mass is 9.91. The maximum absolute atomic E-state index is 12.8. The summed E-state index contributed by atoms with van der Waals surface area (Å²) in [6.45, 7) is 3.13. The number of piperazine rings is 1. The molecule has 1 fully saturated rings. The van der Waals surface area contributed by atoms with Gasteiger partial charge in [0.05, 0.1) is 7.11 Å². The maximum Gasteiger partial charge on any atom is 0.320 e. The monoisotopic (exact) mass is 392 g/mol. The number of nitrogens with zero attached hydrogens (tertiary/aromatic N) is 3. The molecule has 0 radical (unpaired) electrons. The highest BCUT2D eigenvalue weighted by Gasteiger charge is 2.41. The van der Waals surface area contributed by atoms with Crippen LogP contribution in [0, 0.1) is 5.92 Å². The molecule has 2 atom stereocenters. The molecule has 1 amide bonds. The van der Waals surface area contributed by atoms with Crippen molar-refractivity contribution < 1.29 is 14.3 Å². The van der Waals surface area contributed by atoms with Gasteiger partial charge in [0.15, 0.2) is 5.92 Å². The van der Waals surface area contributed by atoms with Gasteiger partial charge in [0.1, 0.15) is 6.04 Å². The summed E-state index contributed by atoms with van der Waals surface area (Å²) in [4.78, 5) is 34.2. The van der Waals surface area contributed by atoms with Crippen LogP contribution in [0.3, 0.4) is 0 Å². The fourth-order valence-corrected chi connectivity index (χ4v) is 3.83.